The summed E-state index contributed by atoms with van der Waals surface area (Å²) in [6.45, 7) is 4.39. The van der Waals surface area contributed by atoms with Gasteiger partial charge in [-0.3, -0.25) is 14.3 Å². The van der Waals surface area contributed by atoms with Gasteiger partial charge >= 0.3 is 0 Å². The zero-order chi connectivity index (χ0) is 25.1. The molecule has 0 radical (unpaired) electrons. The van der Waals surface area contributed by atoms with Crippen LogP contribution < -0.4 is 11.1 Å². The van der Waals surface area contributed by atoms with Crippen LogP contribution in [0.3, 0.4) is 0 Å². The van der Waals surface area contributed by atoms with E-state index in [0.29, 0.717) is 35.5 Å². The lowest BCUT2D eigenvalue weighted by molar-refractivity contribution is -0.119. The van der Waals surface area contributed by atoms with Gasteiger partial charge in [0.05, 0.1) is 23.8 Å². The number of carbonyl (C=O) groups excluding carboxylic acids is 2. The molecule has 35 heavy (non-hydrogen) atoms. The minimum Gasteiger partial charge on any atom is -0.378 e. The molecular formula is C25H32N6O4. The van der Waals surface area contributed by atoms with Crippen LogP contribution in [0.25, 0.3) is 11.1 Å². The number of carbonyl (C=O) groups is 2. The fourth-order valence-electron chi connectivity index (χ4n) is 4.92. The van der Waals surface area contributed by atoms with Crippen molar-refractivity contribution in [1.29, 1.82) is 0 Å². The predicted molar refractivity (Wildman–Crippen MR) is 129 cm³/mol. The first-order valence-electron chi connectivity index (χ1n) is 11.8. The number of nitrogens with two attached hydrogens (primary N) is 1. The van der Waals surface area contributed by atoms with Crippen LogP contribution >= 0.6 is 0 Å². The van der Waals surface area contributed by atoms with E-state index < -0.39 is 11.8 Å². The average molecular weight is 481 g/mol. The van der Waals surface area contributed by atoms with Gasteiger partial charge in [0.1, 0.15) is 23.0 Å². The third-order valence-electron chi connectivity index (χ3n) is 6.80. The normalized spacial score (nSPS) is 18.9. The van der Waals surface area contributed by atoms with Crippen LogP contribution in [0.5, 0.6) is 0 Å². The number of nitrogens with zero attached hydrogens (tertiary/aromatic N) is 4. The Kier molecular flexibility index (Phi) is 7.30. The smallest absolute Gasteiger partial charge is 0.266 e. The lowest BCUT2D eigenvalue weighted by Crippen LogP contribution is -2.30. The Morgan fingerprint density at radius 3 is 2.63 bits per heavy atom. The SMILES string of the molecule is COCc1noc(C)c1-c1ccc(NC(=O)C(c2cc(C(N)=O)n(C)n2)C2CCC(C)CC2)nc1. The molecule has 10 nitrogen and oxygen atoms in total. The van der Waals surface area contributed by atoms with Gasteiger partial charge in [0.15, 0.2) is 0 Å². The Hall–Kier alpha value is -3.53. The van der Waals surface area contributed by atoms with Crippen molar-refractivity contribution >= 4 is 17.6 Å². The topological polar surface area (TPSA) is 138 Å². The Labute approximate surface area is 204 Å². The number of primary amides is 1. The summed E-state index contributed by atoms with van der Waals surface area (Å²) in [5, 5.41) is 11.5. The van der Waals surface area contributed by atoms with E-state index in [1.54, 1.807) is 32.5 Å². The summed E-state index contributed by atoms with van der Waals surface area (Å²) in [4.78, 5) is 29.8. The van der Waals surface area contributed by atoms with E-state index in [9.17, 15) is 9.59 Å². The fourth-order valence-corrected chi connectivity index (χ4v) is 4.92. The molecule has 0 saturated heterocycles. The quantitative estimate of drug-likeness (QED) is 0.502. The van der Waals surface area contributed by atoms with E-state index in [2.05, 4.69) is 27.5 Å². The molecule has 0 bridgehead atoms. The Morgan fingerprint density at radius 1 is 1.29 bits per heavy atom. The van der Waals surface area contributed by atoms with E-state index in [4.69, 9.17) is 15.0 Å². The van der Waals surface area contributed by atoms with Crippen molar-refractivity contribution in [1.82, 2.24) is 19.9 Å². The Morgan fingerprint density at radius 2 is 2.03 bits per heavy atom. The van der Waals surface area contributed by atoms with Crippen molar-refractivity contribution in [2.45, 2.75) is 52.1 Å². The second-order valence-corrected chi connectivity index (χ2v) is 9.35. The molecule has 2 amide bonds. The molecule has 1 saturated carbocycles. The van der Waals surface area contributed by atoms with E-state index in [1.807, 2.05) is 13.0 Å². The number of hydrogen-bond donors (Lipinski definition) is 2. The van der Waals surface area contributed by atoms with Crippen molar-refractivity contribution in [3.63, 3.8) is 0 Å². The minimum atomic E-state index is -0.572. The summed E-state index contributed by atoms with van der Waals surface area (Å²) < 4.78 is 12.0. The number of aromatic nitrogens is 4. The number of methoxy groups -OCH3 is 1. The number of hydrogen-bond acceptors (Lipinski definition) is 7. The number of amides is 2. The number of nitrogens with one attached hydrogen (secondary N) is 1. The highest BCUT2D eigenvalue weighted by Gasteiger charge is 2.35. The average Bonchev–Trinajstić information content (AvgIpc) is 3.38. The second-order valence-electron chi connectivity index (χ2n) is 9.35. The molecule has 0 aliphatic heterocycles. The molecule has 3 aromatic heterocycles. The highest BCUT2D eigenvalue weighted by molar-refractivity contribution is 5.96. The Bertz CT molecular complexity index is 1190. The van der Waals surface area contributed by atoms with Crippen LogP contribution in [-0.2, 0) is 23.2 Å². The molecule has 10 heteroatoms. The Balaban J connectivity index is 1.58. The van der Waals surface area contributed by atoms with Gasteiger partial charge in [-0.1, -0.05) is 24.9 Å². The molecule has 3 aromatic rings. The van der Waals surface area contributed by atoms with E-state index in [0.717, 1.165) is 36.8 Å². The number of ether oxygens (including phenoxy) is 1. The van der Waals surface area contributed by atoms with Crippen molar-refractivity contribution < 1.29 is 18.8 Å². The summed E-state index contributed by atoms with van der Waals surface area (Å²) in [6.07, 6.45) is 5.63. The molecule has 1 atom stereocenters. The van der Waals surface area contributed by atoms with Crippen molar-refractivity contribution in [3.8, 4) is 11.1 Å². The number of pyridine rings is 1. The largest absolute Gasteiger partial charge is 0.378 e. The zero-order valence-corrected chi connectivity index (χ0v) is 20.6. The van der Waals surface area contributed by atoms with Crippen LogP contribution in [0.2, 0.25) is 0 Å². The lowest BCUT2D eigenvalue weighted by atomic mass is 9.75. The molecule has 3 heterocycles. The lowest BCUT2D eigenvalue weighted by Gasteiger charge is -2.31. The summed E-state index contributed by atoms with van der Waals surface area (Å²) >= 11 is 0. The monoisotopic (exact) mass is 480 g/mol. The maximum absolute atomic E-state index is 13.5. The number of aryl methyl sites for hydroxylation is 2. The summed E-state index contributed by atoms with van der Waals surface area (Å²) in [5.41, 5.74) is 8.67. The molecule has 1 aliphatic rings. The van der Waals surface area contributed by atoms with E-state index in [-0.39, 0.29) is 17.5 Å². The maximum atomic E-state index is 13.5. The first-order valence-corrected chi connectivity index (χ1v) is 11.8. The van der Waals surface area contributed by atoms with Gasteiger partial charge in [0, 0.05) is 25.9 Å². The van der Waals surface area contributed by atoms with Gasteiger partial charge in [-0.25, -0.2) is 4.98 Å². The number of anilines is 1. The first kappa shape index (κ1) is 24.6. The first-order chi connectivity index (χ1) is 16.8. The van der Waals surface area contributed by atoms with Crippen LogP contribution in [0, 0.1) is 18.8 Å². The third kappa shape index (κ3) is 5.27. The molecule has 1 aliphatic carbocycles. The molecule has 3 N–H and O–H groups in total. The van der Waals surface area contributed by atoms with E-state index >= 15 is 0 Å². The third-order valence-corrected chi connectivity index (χ3v) is 6.80. The van der Waals surface area contributed by atoms with Crippen molar-refractivity contribution in [2.75, 3.05) is 12.4 Å². The van der Waals surface area contributed by atoms with Crippen LogP contribution in [0.4, 0.5) is 5.82 Å². The molecule has 186 valence electrons. The molecule has 4 rings (SSSR count). The number of rotatable bonds is 8. The standard InChI is InChI=1S/C25H32N6O4/c1-14-5-7-16(8-6-14)23(18-11-20(24(26)32)31(3)29-18)25(33)28-21-10-9-17(12-27-21)22-15(2)35-30-19(22)13-34-4/h9-12,14,16,23H,5-8,13H2,1-4H3,(H2,26,32)(H,27,28,33). The minimum absolute atomic E-state index is 0.123. The van der Waals surface area contributed by atoms with Crippen LogP contribution in [-0.4, -0.2) is 38.8 Å². The molecule has 0 aromatic carbocycles. The van der Waals surface area contributed by atoms with Gasteiger partial charge in [-0.15, -0.1) is 0 Å². The van der Waals surface area contributed by atoms with Gasteiger partial charge in [-0.2, -0.15) is 5.10 Å². The van der Waals surface area contributed by atoms with Crippen molar-refractivity contribution in [3.05, 3.63) is 47.2 Å². The summed E-state index contributed by atoms with van der Waals surface area (Å²) in [7, 11) is 3.26. The van der Waals surface area contributed by atoms with Crippen LogP contribution in [0.15, 0.2) is 28.9 Å². The molecular weight excluding hydrogens is 448 g/mol. The molecule has 1 fully saturated rings. The summed E-state index contributed by atoms with van der Waals surface area (Å²) in [6, 6.07) is 5.25. The van der Waals surface area contributed by atoms with Gasteiger partial charge in [-0.05, 0) is 49.8 Å². The van der Waals surface area contributed by atoms with Gasteiger partial charge in [0.25, 0.3) is 5.91 Å². The molecule has 1 unspecified atom stereocenters. The van der Waals surface area contributed by atoms with Gasteiger partial charge in [0.2, 0.25) is 5.91 Å². The highest BCUT2D eigenvalue weighted by atomic mass is 16.5. The highest BCUT2D eigenvalue weighted by Crippen LogP contribution is 2.38. The maximum Gasteiger partial charge on any atom is 0.266 e. The molecule has 0 spiro atoms. The summed E-state index contributed by atoms with van der Waals surface area (Å²) in [5.74, 6) is 0.591. The fraction of sp³-hybridized carbons (Fsp3) is 0.480. The van der Waals surface area contributed by atoms with Gasteiger partial charge < -0.3 is 20.3 Å². The predicted octanol–water partition coefficient (Wildman–Crippen LogP) is 3.57. The zero-order valence-electron chi connectivity index (χ0n) is 20.6. The second kappa shape index (κ2) is 10.4. The van der Waals surface area contributed by atoms with Crippen molar-refractivity contribution in [2.24, 2.45) is 24.6 Å². The van der Waals surface area contributed by atoms with Crippen LogP contribution in [0.1, 0.15) is 66.2 Å². The van der Waals surface area contributed by atoms with E-state index in [1.165, 1.54) is 4.68 Å².